The van der Waals surface area contributed by atoms with Gasteiger partial charge in [-0.15, -0.1) is 0 Å². The lowest BCUT2D eigenvalue weighted by molar-refractivity contribution is 0.0990. The monoisotopic (exact) mass is 274 g/mol. The average molecular weight is 274 g/mol. The van der Waals surface area contributed by atoms with Crippen molar-refractivity contribution in [3.05, 3.63) is 59.4 Å². The molecule has 0 radical (unpaired) electrons. The highest BCUT2D eigenvalue weighted by molar-refractivity contribution is 5.99. The molecule has 4 heteroatoms. The molecule has 0 amide bonds. The fourth-order valence-electron chi connectivity index (χ4n) is 1.98. The first kappa shape index (κ1) is 14.1. The molecule has 0 aliphatic heterocycles. The quantitative estimate of drug-likeness (QED) is 0.785. The molecule has 3 nitrogen and oxygen atoms in total. The maximum absolute atomic E-state index is 13.6. The Morgan fingerprint density at radius 3 is 2.40 bits per heavy atom. The van der Waals surface area contributed by atoms with Gasteiger partial charge in [0.2, 0.25) is 0 Å². The van der Waals surface area contributed by atoms with Crippen molar-refractivity contribution < 1.29 is 18.7 Å². The zero-order valence-corrected chi connectivity index (χ0v) is 11.4. The minimum atomic E-state index is -0.474. The fraction of sp³-hybridized carbons (Fsp3) is 0.188. The number of hydrogen-bond donors (Lipinski definition) is 0. The summed E-state index contributed by atoms with van der Waals surface area (Å²) < 4.78 is 23.6. The highest BCUT2D eigenvalue weighted by Gasteiger charge is 2.13. The highest BCUT2D eigenvalue weighted by Crippen LogP contribution is 2.22. The summed E-state index contributed by atoms with van der Waals surface area (Å²) in [6, 6.07) is 11.5. The van der Waals surface area contributed by atoms with Crippen LogP contribution in [-0.4, -0.2) is 20.0 Å². The number of ether oxygens (including phenoxy) is 2. The molecule has 0 N–H and O–H groups in total. The number of Topliss-reactive ketones (excluding diaryl/α,β-unsaturated/α-hetero) is 1. The second kappa shape index (κ2) is 6.19. The van der Waals surface area contributed by atoms with Crippen molar-refractivity contribution in [2.45, 2.75) is 6.42 Å². The van der Waals surface area contributed by atoms with Crippen molar-refractivity contribution in [2.24, 2.45) is 0 Å². The van der Waals surface area contributed by atoms with Crippen molar-refractivity contribution in [2.75, 3.05) is 14.2 Å². The molecule has 0 aliphatic carbocycles. The minimum Gasteiger partial charge on any atom is -0.496 e. The van der Waals surface area contributed by atoms with Crippen LogP contribution in [0.15, 0.2) is 42.5 Å². The smallest absolute Gasteiger partial charge is 0.170 e. The van der Waals surface area contributed by atoms with Crippen LogP contribution >= 0.6 is 0 Å². The molecule has 0 saturated carbocycles. The van der Waals surface area contributed by atoms with Crippen molar-refractivity contribution in [1.82, 2.24) is 0 Å². The Kier molecular flexibility index (Phi) is 4.35. The molecule has 0 unspecified atom stereocenters. The summed E-state index contributed by atoms with van der Waals surface area (Å²) in [6.45, 7) is 0. The normalized spacial score (nSPS) is 10.2. The predicted molar refractivity (Wildman–Crippen MR) is 74.0 cm³/mol. The summed E-state index contributed by atoms with van der Waals surface area (Å²) in [6.07, 6.45) is 0.112. The Balaban J connectivity index is 2.21. The van der Waals surface area contributed by atoms with E-state index in [2.05, 4.69) is 0 Å². The lowest BCUT2D eigenvalue weighted by Crippen LogP contribution is -2.06. The van der Waals surface area contributed by atoms with E-state index in [9.17, 15) is 9.18 Å². The number of rotatable bonds is 5. The highest BCUT2D eigenvalue weighted by atomic mass is 19.1. The lowest BCUT2D eigenvalue weighted by Gasteiger charge is -2.08. The van der Waals surface area contributed by atoms with Gasteiger partial charge in [-0.2, -0.15) is 0 Å². The Bertz CT molecular complexity index is 623. The van der Waals surface area contributed by atoms with Gasteiger partial charge in [-0.25, -0.2) is 4.39 Å². The first-order valence-corrected chi connectivity index (χ1v) is 6.14. The SMILES string of the molecule is COc1ccc(CC(=O)c2ccccc2OC)cc1F. The van der Waals surface area contributed by atoms with Crippen molar-refractivity contribution >= 4 is 5.78 Å². The van der Waals surface area contributed by atoms with E-state index in [1.54, 1.807) is 30.3 Å². The first-order valence-electron chi connectivity index (χ1n) is 6.14. The van der Waals surface area contributed by atoms with E-state index in [0.29, 0.717) is 16.9 Å². The van der Waals surface area contributed by atoms with Crippen LogP contribution in [0.2, 0.25) is 0 Å². The van der Waals surface area contributed by atoms with Gasteiger partial charge in [-0.1, -0.05) is 18.2 Å². The van der Waals surface area contributed by atoms with E-state index in [-0.39, 0.29) is 18.0 Å². The van der Waals surface area contributed by atoms with Crippen LogP contribution in [0.1, 0.15) is 15.9 Å². The molecule has 0 heterocycles. The van der Waals surface area contributed by atoms with E-state index in [0.717, 1.165) is 0 Å². The van der Waals surface area contributed by atoms with E-state index < -0.39 is 5.82 Å². The average Bonchev–Trinajstić information content (AvgIpc) is 2.47. The van der Waals surface area contributed by atoms with E-state index in [1.165, 1.54) is 26.4 Å². The van der Waals surface area contributed by atoms with Crippen LogP contribution in [-0.2, 0) is 6.42 Å². The molecular weight excluding hydrogens is 259 g/mol. The zero-order chi connectivity index (χ0) is 14.5. The molecule has 104 valence electrons. The summed E-state index contributed by atoms with van der Waals surface area (Å²) in [7, 11) is 2.91. The summed E-state index contributed by atoms with van der Waals surface area (Å²) in [5, 5.41) is 0. The Morgan fingerprint density at radius 1 is 1.05 bits per heavy atom. The molecule has 0 saturated heterocycles. The number of carbonyl (C=O) groups excluding carboxylic acids is 1. The molecule has 0 aliphatic rings. The molecule has 2 aromatic rings. The first-order chi connectivity index (χ1) is 9.65. The summed E-state index contributed by atoms with van der Waals surface area (Å²) in [4.78, 5) is 12.2. The van der Waals surface area contributed by atoms with Crippen molar-refractivity contribution in [3.8, 4) is 11.5 Å². The lowest BCUT2D eigenvalue weighted by atomic mass is 10.0. The van der Waals surface area contributed by atoms with Crippen LogP contribution in [0.25, 0.3) is 0 Å². The predicted octanol–water partition coefficient (Wildman–Crippen LogP) is 3.27. The molecule has 0 spiro atoms. The molecule has 20 heavy (non-hydrogen) atoms. The van der Waals surface area contributed by atoms with Gasteiger partial charge in [0, 0.05) is 6.42 Å². The number of para-hydroxylation sites is 1. The van der Waals surface area contributed by atoms with Crippen LogP contribution in [0.3, 0.4) is 0 Å². The van der Waals surface area contributed by atoms with Crippen LogP contribution in [0.5, 0.6) is 11.5 Å². The molecule has 0 fully saturated rings. The Hall–Kier alpha value is -2.36. The molecule has 0 bridgehead atoms. The van der Waals surface area contributed by atoms with Crippen LogP contribution < -0.4 is 9.47 Å². The van der Waals surface area contributed by atoms with Gasteiger partial charge in [0.25, 0.3) is 0 Å². The Labute approximate surface area is 117 Å². The van der Waals surface area contributed by atoms with Gasteiger partial charge in [-0.3, -0.25) is 4.79 Å². The molecule has 2 aromatic carbocycles. The molecular formula is C16H15FO3. The van der Waals surface area contributed by atoms with Gasteiger partial charge in [0.15, 0.2) is 17.3 Å². The van der Waals surface area contributed by atoms with Gasteiger partial charge in [0.05, 0.1) is 19.8 Å². The summed E-state index contributed by atoms with van der Waals surface area (Å²) >= 11 is 0. The molecule has 2 rings (SSSR count). The second-order valence-electron chi connectivity index (χ2n) is 4.27. The van der Waals surface area contributed by atoms with E-state index in [4.69, 9.17) is 9.47 Å². The van der Waals surface area contributed by atoms with Gasteiger partial charge < -0.3 is 9.47 Å². The molecule has 0 aromatic heterocycles. The maximum atomic E-state index is 13.6. The number of hydrogen-bond acceptors (Lipinski definition) is 3. The van der Waals surface area contributed by atoms with Crippen LogP contribution in [0.4, 0.5) is 4.39 Å². The van der Waals surface area contributed by atoms with E-state index >= 15 is 0 Å². The number of halogens is 1. The van der Waals surface area contributed by atoms with Crippen molar-refractivity contribution in [1.29, 1.82) is 0 Å². The minimum absolute atomic E-state index is 0.112. The fourth-order valence-corrected chi connectivity index (χ4v) is 1.98. The standard InChI is InChI=1S/C16H15FO3/c1-19-15-6-4-3-5-12(15)14(18)10-11-7-8-16(20-2)13(17)9-11/h3-9H,10H2,1-2H3. The van der Waals surface area contributed by atoms with E-state index in [1.807, 2.05) is 0 Å². The third-order valence-electron chi connectivity index (χ3n) is 2.99. The number of carbonyl (C=O) groups is 1. The summed E-state index contributed by atoms with van der Waals surface area (Å²) in [5.74, 6) is 0.0924. The maximum Gasteiger partial charge on any atom is 0.170 e. The molecule has 0 atom stereocenters. The third-order valence-corrected chi connectivity index (χ3v) is 2.99. The number of methoxy groups -OCH3 is 2. The zero-order valence-electron chi connectivity index (χ0n) is 11.4. The second-order valence-corrected chi connectivity index (χ2v) is 4.27. The number of benzene rings is 2. The Morgan fingerprint density at radius 2 is 1.75 bits per heavy atom. The number of ketones is 1. The third kappa shape index (κ3) is 2.96. The largest absolute Gasteiger partial charge is 0.496 e. The van der Waals surface area contributed by atoms with Gasteiger partial charge >= 0.3 is 0 Å². The topological polar surface area (TPSA) is 35.5 Å². The van der Waals surface area contributed by atoms with Gasteiger partial charge in [-0.05, 0) is 29.8 Å². The van der Waals surface area contributed by atoms with Crippen LogP contribution in [0, 0.1) is 5.82 Å². The van der Waals surface area contributed by atoms with Gasteiger partial charge in [0.1, 0.15) is 5.75 Å². The van der Waals surface area contributed by atoms with Crippen molar-refractivity contribution in [3.63, 3.8) is 0 Å². The summed E-state index contributed by atoms with van der Waals surface area (Å²) in [5.41, 5.74) is 1.09.